The van der Waals surface area contributed by atoms with E-state index in [2.05, 4.69) is 33.1 Å². The molecule has 1 unspecified atom stereocenters. The quantitative estimate of drug-likeness (QED) is 0.446. The number of amides is 1. The van der Waals surface area contributed by atoms with Crippen LogP contribution in [-0.2, 0) is 11.2 Å². The van der Waals surface area contributed by atoms with Crippen LogP contribution in [0.1, 0.15) is 70.2 Å². The summed E-state index contributed by atoms with van der Waals surface area (Å²) in [5.41, 5.74) is 3.70. The lowest BCUT2D eigenvalue weighted by Crippen LogP contribution is -2.46. The van der Waals surface area contributed by atoms with E-state index in [1.54, 1.807) is 0 Å². The number of anilines is 3. The topological polar surface area (TPSA) is 122 Å². The minimum Gasteiger partial charge on any atom is -0.465 e. The van der Waals surface area contributed by atoms with Crippen molar-refractivity contribution in [2.75, 3.05) is 42.6 Å². The summed E-state index contributed by atoms with van der Waals surface area (Å²) in [6, 6.07) is 4.09. The van der Waals surface area contributed by atoms with E-state index in [1.807, 2.05) is 23.1 Å². The molecule has 0 aromatic carbocycles. The highest BCUT2D eigenvalue weighted by molar-refractivity contribution is 5.88. The molecule has 3 aromatic heterocycles. The van der Waals surface area contributed by atoms with E-state index < -0.39 is 6.09 Å². The van der Waals surface area contributed by atoms with Crippen LogP contribution in [0.4, 0.5) is 22.1 Å². The van der Waals surface area contributed by atoms with Gasteiger partial charge in [0.1, 0.15) is 5.82 Å². The van der Waals surface area contributed by atoms with Crippen molar-refractivity contribution in [3.8, 4) is 0 Å². The number of rotatable bonds is 7. The van der Waals surface area contributed by atoms with Gasteiger partial charge in [0.15, 0.2) is 23.2 Å². The zero-order valence-electron chi connectivity index (χ0n) is 22.7. The number of pyridine rings is 1. The maximum Gasteiger partial charge on any atom is 0.404 e. The number of hydrogen-bond donors (Lipinski definition) is 2. The van der Waals surface area contributed by atoms with Crippen LogP contribution >= 0.6 is 0 Å². The first-order valence-corrected chi connectivity index (χ1v) is 14.4. The van der Waals surface area contributed by atoms with Gasteiger partial charge in [0, 0.05) is 39.0 Å². The first-order chi connectivity index (χ1) is 19.1. The van der Waals surface area contributed by atoms with Gasteiger partial charge >= 0.3 is 6.09 Å². The summed E-state index contributed by atoms with van der Waals surface area (Å²) in [4.78, 5) is 30.4. The average Bonchev–Trinajstić information content (AvgIpc) is 3.36. The molecule has 3 aliphatic rings. The molecule has 0 radical (unpaired) electrons. The van der Waals surface area contributed by atoms with Crippen molar-refractivity contribution in [3.05, 3.63) is 30.2 Å². The third-order valence-electron chi connectivity index (χ3n) is 8.55. The van der Waals surface area contributed by atoms with E-state index in [0.29, 0.717) is 6.54 Å². The number of piperidine rings is 1. The first-order valence-electron chi connectivity index (χ1n) is 14.4. The minimum absolute atomic E-state index is 0.0122. The van der Waals surface area contributed by atoms with E-state index in [-0.39, 0.29) is 11.6 Å². The molecule has 2 saturated heterocycles. The lowest BCUT2D eigenvalue weighted by Gasteiger charge is -2.42. The fourth-order valence-corrected chi connectivity index (χ4v) is 6.47. The molecule has 3 aliphatic heterocycles. The lowest BCUT2D eigenvalue weighted by molar-refractivity contribution is -0.0368. The molecule has 39 heavy (non-hydrogen) atoms. The van der Waals surface area contributed by atoms with Gasteiger partial charge < -0.3 is 25.0 Å². The normalized spacial score (nSPS) is 21.1. The monoisotopic (exact) mass is 534 g/mol. The fourth-order valence-electron chi connectivity index (χ4n) is 6.47. The second-order valence-electron chi connectivity index (χ2n) is 11.1. The second-order valence-corrected chi connectivity index (χ2v) is 11.1. The van der Waals surface area contributed by atoms with Crippen LogP contribution in [-0.4, -0.2) is 68.7 Å². The predicted octanol–water partition coefficient (Wildman–Crippen LogP) is 4.66. The van der Waals surface area contributed by atoms with Crippen LogP contribution in [0.2, 0.25) is 0 Å². The fraction of sp³-hybridized carbons (Fsp3) is 0.607. The number of ether oxygens (including phenoxy) is 1. The summed E-state index contributed by atoms with van der Waals surface area (Å²) in [7, 11) is 0. The van der Waals surface area contributed by atoms with Crippen molar-refractivity contribution in [3.63, 3.8) is 0 Å². The van der Waals surface area contributed by atoms with Gasteiger partial charge in [-0.25, -0.2) is 19.4 Å². The highest BCUT2D eigenvalue weighted by Gasteiger charge is 2.35. The summed E-state index contributed by atoms with van der Waals surface area (Å²) in [6.07, 6.45) is 11.5. The maximum absolute atomic E-state index is 11.2. The number of carbonyl (C=O) groups is 1. The van der Waals surface area contributed by atoms with Crippen LogP contribution in [0.15, 0.2) is 24.5 Å². The van der Waals surface area contributed by atoms with E-state index in [9.17, 15) is 9.90 Å². The summed E-state index contributed by atoms with van der Waals surface area (Å²) >= 11 is 0. The zero-order valence-corrected chi connectivity index (χ0v) is 22.7. The molecule has 11 nitrogen and oxygen atoms in total. The van der Waals surface area contributed by atoms with E-state index >= 15 is 0 Å². The summed E-state index contributed by atoms with van der Waals surface area (Å²) in [6.45, 7) is 5.87. The smallest absolute Gasteiger partial charge is 0.404 e. The molecule has 0 saturated carbocycles. The Morgan fingerprint density at radius 3 is 2.85 bits per heavy atom. The van der Waals surface area contributed by atoms with Gasteiger partial charge in [-0.15, -0.1) is 5.10 Å². The van der Waals surface area contributed by atoms with Crippen LogP contribution in [0.5, 0.6) is 0 Å². The molecule has 3 aromatic rings. The molecular formula is C28H38N8O3. The molecular weight excluding hydrogens is 496 g/mol. The Bertz CT molecular complexity index is 1310. The number of hydrogen-bond acceptors (Lipinski definition) is 8. The minimum atomic E-state index is -0.953. The largest absolute Gasteiger partial charge is 0.465 e. The Hall–Kier alpha value is -3.47. The molecule has 1 atom stereocenters. The van der Waals surface area contributed by atoms with Gasteiger partial charge in [-0.2, -0.15) is 0 Å². The van der Waals surface area contributed by atoms with Crippen molar-refractivity contribution in [2.45, 2.75) is 70.9 Å². The van der Waals surface area contributed by atoms with Gasteiger partial charge in [0.25, 0.3) is 0 Å². The third kappa shape index (κ3) is 5.11. The standard InChI is InChI=1S/C28H38N8O3/c1-2-10-28(19-31-27(37)38)11-15-34(16-12-28)22-18-30-24-25(32-22)36(23-9-3-4-17-39-23)33-26(24)35-14-6-7-20-21(35)8-5-13-29-20/h5,8,13,18,23,31H,2-4,6-7,9-12,14-17,19H2,1H3,(H,37,38). The maximum atomic E-state index is 11.2. The van der Waals surface area contributed by atoms with Gasteiger partial charge in [0.2, 0.25) is 0 Å². The highest BCUT2D eigenvalue weighted by atomic mass is 16.5. The molecule has 2 N–H and O–H groups in total. The second kappa shape index (κ2) is 11.0. The third-order valence-corrected chi connectivity index (χ3v) is 8.55. The van der Waals surface area contributed by atoms with Crippen molar-refractivity contribution >= 4 is 34.6 Å². The SMILES string of the molecule is CCCC1(CNC(=O)O)CCN(c2cnc3c(N4CCCc5ncccc54)nn(C4CCCCO4)c3n2)CC1. The van der Waals surface area contributed by atoms with Crippen molar-refractivity contribution in [2.24, 2.45) is 5.41 Å². The van der Waals surface area contributed by atoms with Gasteiger partial charge in [-0.05, 0) is 68.9 Å². The lowest BCUT2D eigenvalue weighted by atomic mass is 9.75. The number of carboxylic acid groups (broad SMARTS) is 1. The molecule has 0 aliphatic carbocycles. The van der Waals surface area contributed by atoms with Crippen LogP contribution in [0, 0.1) is 5.41 Å². The highest BCUT2D eigenvalue weighted by Crippen LogP contribution is 2.39. The van der Waals surface area contributed by atoms with Crippen LogP contribution in [0.3, 0.4) is 0 Å². The van der Waals surface area contributed by atoms with Gasteiger partial charge in [-0.1, -0.05) is 13.3 Å². The number of aromatic nitrogens is 5. The molecule has 0 bridgehead atoms. The molecule has 6 heterocycles. The first kappa shape index (κ1) is 25.8. The summed E-state index contributed by atoms with van der Waals surface area (Å²) in [5, 5.41) is 16.9. The Morgan fingerprint density at radius 2 is 2.08 bits per heavy atom. The summed E-state index contributed by atoms with van der Waals surface area (Å²) < 4.78 is 8.11. The van der Waals surface area contributed by atoms with Gasteiger partial charge in [-0.3, -0.25) is 4.98 Å². The van der Waals surface area contributed by atoms with Crippen molar-refractivity contribution < 1.29 is 14.6 Å². The number of nitrogens with one attached hydrogen (secondary N) is 1. The van der Waals surface area contributed by atoms with Crippen molar-refractivity contribution in [1.82, 2.24) is 30.0 Å². The number of fused-ring (bicyclic) bond motifs is 2. The Kier molecular flexibility index (Phi) is 7.24. The molecule has 1 amide bonds. The van der Waals surface area contributed by atoms with Crippen LogP contribution < -0.4 is 15.1 Å². The Labute approximate surface area is 228 Å². The van der Waals surface area contributed by atoms with E-state index in [4.69, 9.17) is 19.8 Å². The Balaban J connectivity index is 1.32. The molecule has 0 spiro atoms. The molecule has 11 heteroatoms. The molecule has 208 valence electrons. The van der Waals surface area contributed by atoms with Crippen molar-refractivity contribution in [1.29, 1.82) is 0 Å². The average molecular weight is 535 g/mol. The predicted molar refractivity (Wildman–Crippen MR) is 149 cm³/mol. The summed E-state index contributed by atoms with van der Waals surface area (Å²) in [5.74, 6) is 1.65. The molecule has 6 rings (SSSR count). The zero-order chi connectivity index (χ0) is 26.8. The number of aryl methyl sites for hydroxylation is 1. The van der Waals surface area contributed by atoms with E-state index in [1.165, 1.54) is 0 Å². The van der Waals surface area contributed by atoms with E-state index in [0.717, 1.165) is 118 Å². The molecule has 2 fully saturated rings. The van der Waals surface area contributed by atoms with Gasteiger partial charge in [0.05, 0.1) is 17.6 Å². The Morgan fingerprint density at radius 1 is 1.21 bits per heavy atom. The number of nitrogens with zero attached hydrogens (tertiary/aromatic N) is 7. The van der Waals surface area contributed by atoms with Crippen LogP contribution in [0.25, 0.3) is 11.2 Å².